The maximum atomic E-state index is 4.80. The maximum Gasteiger partial charge on any atom is 0.0163 e. The minimum Gasteiger partial charge on any atom is -0.411 e. The van der Waals surface area contributed by atoms with Gasteiger partial charge in [-0.15, -0.1) is 0 Å². The van der Waals surface area contributed by atoms with Crippen LogP contribution in [0.4, 0.5) is 0 Å². The van der Waals surface area contributed by atoms with Crippen LogP contribution in [-0.2, 0) is 12.6 Å². The van der Waals surface area contributed by atoms with Crippen molar-refractivity contribution in [3.8, 4) is 0 Å². The molecule has 0 atom stereocenters. The van der Waals surface area contributed by atoms with Crippen molar-refractivity contribution in [2.75, 3.05) is 13.1 Å². The molecule has 27 heavy (non-hydrogen) atoms. The van der Waals surface area contributed by atoms with Gasteiger partial charge in [0.2, 0.25) is 0 Å². The molecule has 1 aliphatic heterocycles. The molecule has 0 spiro atoms. The van der Waals surface area contributed by atoms with Crippen LogP contribution in [0, 0.1) is 0 Å². The molecule has 0 radical (unpaired) electrons. The van der Waals surface area contributed by atoms with Gasteiger partial charge in [-0.1, -0.05) is 4.32 Å². The molecule has 0 aromatic heterocycles. The average Bonchev–Trinajstić information content (AvgIpc) is 3.27. The van der Waals surface area contributed by atoms with Crippen molar-refractivity contribution in [1.82, 2.24) is 4.90 Å². The van der Waals surface area contributed by atoms with Gasteiger partial charge in [-0.3, -0.25) is 0 Å². The standard InChI is InChI=1S/3C6H11.C5H9NS2.Sn/c3*1-2-4-6-5-3-1;7-5(8)6-3-1-2-4-6;/h3*1H,2-6H2;1-4H2,(H,7,8);/q;;;;+1/p-1. The molecule has 1 heterocycles. The fraction of sp³-hybridized carbons (Fsp3) is 0.957. The molecule has 0 N–H and O–H groups in total. The van der Waals surface area contributed by atoms with E-state index in [2.05, 4.69) is 4.90 Å². The summed E-state index contributed by atoms with van der Waals surface area (Å²) in [6, 6.07) is 0. The van der Waals surface area contributed by atoms with Gasteiger partial charge in [0.25, 0.3) is 0 Å². The Balaban J connectivity index is 0.000000221. The summed E-state index contributed by atoms with van der Waals surface area (Å²) in [5.41, 5.74) is 0. The molecule has 3 aliphatic carbocycles. The van der Waals surface area contributed by atoms with E-state index in [0.717, 1.165) is 13.1 Å². The van der Waals surface area contributed by atoms with Gasteiger partial charge in [-0.05, 0) is 12.8 Å². The summed E-state index contributed by atoms with van der Waals surface area (Å²) in [5, 5.41) is 0. The molecule has 0 aromatic carbocycles. The molecule has 0 bridgehead atoms. The largest absolute Gasteiger partial charge is 0.411 e. The van der Waals surface area contributed by atoms with Gasteiger partial charge in [0.05, 0.1) is 0 Å². The molecule has 4 fully saturated rings. The zero-order chi connectivity index (χ0) is 18.9. The first-order valence-corrected chi connectivity index (χ1v) is 17.8. The minimum atomic E-state index is -1.15. The van der Waals surface area contributed by atoms with E-state index in [9.17, 15) is 0 Å². The van der Waals surface area contributed by atoms with E-state index in [1.807, 2.05) is 0 Å². The molecule has 3 saturated carbocycles. The molecule has 4 rings (SSSR count). The molecular weight excluding hydrogens is 473 g/mol. The molecule has 0 amide bonds. The number of thiocarbonyl (C=S) groups is 1. The monoisotopic (exact) mass is 515 g/mol. The first kappa shape index (κ1) is 22.6. The number of nitrogens with zero attached hydrogens (tertiary/aromatic N) is 1. The molecule has 0 unspecified atom stereocenters. The van der Waals surface area contributed by atoms with Crippen LogP contribution < -0.4 is 0 Å². The van der Waals surface area contributed by atoms with Crippen LogP contribution >= 0.6 is 12.2 Å². The van der Waals surface area contributed by atoms with Crippen LogP contribution in [-0.4, -0.2) is 42.1 Å². The van der Waals surface area contributed by atoms with Crippen molar-refractivity contribution >= 4 is 48.9 Å². The van der Waals surface area contributed by atoms with Gasteiger partial charge in [-0.2, -0.15) is 0 Å². The van der Waals surface area contributed by atoms with E-state index in [-0.39, 0.29) is 0 Å². The number of likely N-dealkylation sites (tertiary alicyclic amines) is 1. The van der Waals surface area contributed by atoms with E-state index < -0.39 is 19.8 Å². The Hall–Kier alpha value is 0.909. The van der Waals surface area contributed by atoms with Gasteiger partial charge in [0, 0.05) is 13.1 Å². The van der Waals surface area contributed by atoms with Gasteiger partial charge < -0.3 is 29.7 Å². The minimum absolute atomic E-state index is 0.641. The maximum absolute atomic E-state index is 4.80. The summed E-state index contributed by atoms with van der Waals surface area (Å²) >= 11 is 8.44. The second kappa shape index (κ2) is 12.6. The second-order valence-corrected chi connectivity index (χ2v) is 20.3. The topological polar surface area (TPSA) is 3.24 Å². The van der Waals surface area contributed by atoms with Crippen LogP contribution in [0.3, 0.4) is 0 Å². The van der Waals surface area contributed by atoms with Crippen molar-refractivity contribution in [3.63, 3.8) is 0 Å². The third-order valence-electron chi connectivity index (χ3n) is 7.59. The van der Waals surface area contributed by atoms with Crippen LogP contribution in [0.5, 0.6) is 0 Å². The second-order valence-electron chi connectivity index (χ2n) is 9.46. The van der Waals surface area contributed by atoms with Gasteiger partial charge in [0.1, 0.15) is 0 Å². The smallest absolute Gasteiger partial charge is 0.0163 e. The van der Waals surface area contributed by atoms with Crippen LogP contribution in [0.1, 0.15) is 109 Å². The summed E-state index contributed by atoms with van der Waals surface area (Å²) in [6.45, 7) is 2.17. The van der Waals surface area contributed by atoms with Gasteiger partial charge >= 0.3 is 128 Å². The predicted molar refractivity (Wildman–Crippen MR) is 127 cm³/mol. The Morgan fingerprint density at radius 1 is 0.593 bits per heavy atom. The third kappa shape index (κ3) is 7.27. The van der Waals surface area contributed by atoms with Crippen LogP contribution in [0.2, 0.25) is 11.8 Å². The van der Waals surface area contributed by atoms with Gasteiger partial charge in [-0.25, -0.2) is 0 Å². The first-order chi connectivity index (χ1) is 13.3. The van der Waals surface area contributed by atoms with E-state index in [1.54, 1.807) is 96.3 Å². The summed E-state index contributed by atoms with van der Waals surface area (Å²) in [6.07, 6.45) is 26.8. The number of hydrogen-bond donors (Lipinski definition) is 0. The zero-order valence-electron chi connectivity index (χ0n) is 17.4. The Morgan fingerprint density at radius 2 is 0.926 bits per heavy atom. The predicted octanol–water partition coefficient (Wildman–Crippen LogP) is 7.40. The van der Waals surface area contributed by atoms with Crippen molar-refractivity contribution in [3.05, 3.63) is 0 Å². The summed E-state index contributed by atoms with van der Waals surface area (Å²) in [7, 11) is 0. The van der Waals surface area contributed by atoms with Crippen molar-refractivity contribution in [1.29, 1.82) is 0 Å². The van der Waals surface area contributed by atoms with Crippen molar-refractivity contribution < 1.29 is 0 Å². The quantitative estimate of drug-likeness (QED) is 0.220. The molecule has 4 heteroatoms. The fourth-order valence-electron chi connectivity index (χ4n) is 6.21. The Bertz CT molecular complexity index is 377. The van der Waals surface area contributed by atoms with E-state index in [0.29, 0.717) is 4.32 Å². The summed E-state index contributed by atoms with van der Waals surface area (Å²) in [5.74, 6) is 0. The fourth-order valence-corrected chi connectivity index (χ4v) is 21.5. The molecule has 1 saturated heterocycles. The summed E-state index contributed by atoms with van der Waals surface area (Å²) < 4.78 is 4.61. The number of hydrogen-bond acceptors (Lipinski definition) is 2. The van der Waals surface area contributed by atoms with Crippen LogP contribution in [0.25, 0.3) is 0 Å². The van der Waals surface area contributed by atoms with Crippen molar-refractivity contribution in [2.24, 2.45) is 0 Å². The zero-order valence-corrected chi connectivity index (χ0v) is 21.9. The Kier molecular flexibility index (Phi) is 10.5. The molecule has 154 valence electrons. The van der Waals surface area contributed by atoms with E-state index in [1.165, 1.54) is 24.6 Å². The third-order valence-corrected chi connectivity index (χ3v) is 21.1. The molecule has 4 aliphatic rings. The number of rotatable bonds is 3. The van der Waals surface area contributed by atoms with Crippen LogP contribution in [0.15, 0.2) is 0 Å². The van der Waals surface area contributed by atoms with E-state index >= 15 is 0 Å². The normalized spacial score (nSPS) is 25.7. The molecule has 0 aromatic rings. The molecule has 1 nitrogen and oxygen atoms in total. The van der Waals surface area contributed by atoms with Gasteiger partial charge in [0.15, 0.2) is 0 Å². The van der Waals surface area contributed by atoms with E-state index in [4.69, 9.17) is 24.8 Å². The van der Waals surface area contributed by atoms with Crippen molar-refractivity contribution in [2.45, 2.75) is 121 Å². The first-order valence-electron chi connectivity index (χ1n) is 12.1. The molecular formula is C23H41NS2Sn. The summed E-state index contributed by atoms with van der Waals surface area (Å²) in [4.78, 5) is 2.07. The SMILES string of the molecule is C1CC[CH]([Sn+]([CH]2CCCCC2)[CH]2CCCCC2)CC1.S=C([S-])N1CCCC1. The average molecular weight is 514 g/mol. The Morgan fingerprint density at radius 3 is 1.19 bits per heavy atom. The Labute approximate surface area is 187 Å².